The quantitative estimate of drug-likeness (QED) is 0.820. The molecule has 8 heteroatoms. The zero-order valence-corrected chi connectivity index (χ0v) is 7.34. The van der Waals surface area contributed by atoms with Crippen LogP contribution in [0.2, 0.25) is 0 Å². The molecule has 0 saturated heterocycles. The molecule has 1 saturated carbocycles. The summed E-state index contributed by atoms with van der Waals surface area (Å²) in [6.45, 7) is 0. The number of hydrogen-bond donors (Lipinski definition) is 1. The number of hydrogen-bond acceptors (Lipinski definition) is 4. The Morgan fingerprint density at radius 3 is 2.60 bits per heavy atom. The van der Waals surface area contributed by atoms with Gasteiger partial charge in [-0.05, 0) is 12.8 Å². The fourth-order valence-corrected chi connectivity index (χ4v) is 0.948. The van der Waals surface area contributed by atoms with Crippen molar-refractivity contribution in [3.05, 3.63) is 5.89 Å². The van der Waals surface area contributed by atoms with Crippen LogP contribution < -0.4 is 5.32 Å². The topological polar surface area (TPSA) is 68.0 Å². The van der Waals surface area contributed by atoms with E-state index in [0.29, 0.717) is 0 Å². The van der Waals surface area contributed by atoms with Gasteiger partial charge < -0.3 is 4.42 Å². The fraction of sp³-hybridized carbons (Fsp3) is 0.571. The Kier molecular flexibility index (Phi) is 2.13. The Labute approximate surface area is 81.7 Å². The van der Waals surface area contributed by atoms with Crippen LogP contribution in [0.5, 0.6) is 0 Å². The van der Waals surface area contributed by atoms with Gasteiger partial charge >= 0.3 is 18.1 Å². The maximum absolute atomic E-state index is 11.8. The summed E-state index contributed by atoms with van der Waals surface area (Å²) in [4.78, 5) is 10.5. The second kappa shape index (κ2) is 3.21. The molecule has 82 valence electrons. The average molecular weight is 221 g/mol. The maximum atomic E-state index is 11.8. The first kappa shape index (κ1) is 9.94. The molecule has 2 rings (SSSR count). The van der Waals surface area contributed by atoms with E-state index in [-0.39, 0.29) is 11.8 Å². The molecule has 0 bridgehead atoms. The van der Waals surface area contributed by atoms with Crippen molar-refractivity contribution in [1.82, 2.24) is 10.2 Å². The molecule has 0 atom stereocenters. The molecule has 1 amide bonds. The van der Waals surface area contributed by atoms with E-state index in [1.165, 1.54) is 5.32 Å². The monoisotopic (exact) mass is 221 g/mol. The van der Waals surface area contributed by atoms with Crippen molar-refractivity contribution in [3.8, 4) is 0 Å². The summed E-state index contributed by atoms with van der Waals surface area (Å²) in [6, 6.07) is -0.515. The fourth-order valence-electron chi connectivity index (χ4n) is 0.948. The van der Waals surface area contributed by atoms with Crippen molar-refractivity contribution >= 4 is 11.9 Å². The number of aromatic nitrogens is 2. The highest BCUT2D eigenvalue weighted by molar-refractivity contribution is 5.93. The number of carbonyl (C=O) groups excluding carboxylic acids is 1. The van der Waals surface area contributed by atoms with E-state index in [9.17, 15) is 18.0 Å². The molecule has 5 nitrogen and oxygen atoms in total. The third-order valence-electron chi connectivity index (χ3n) is 1.85. The summed E-state index contributed by atoms with van der Waals surface area (Å²) >= 11 is 0. The second-order valence-electron chi connectivity index (χ2n) is 3.17. The van der Waals surface area contributed by atoms with Crippen LogP contribution in [0.3, 0.4) is 0 Å². The normalized spacial score (nSPS) is 16.5. The summed E-state index contributed by atoms with van der Waals surface area (Å²) in [5.74, 6) is -1.71. The van der Waals surface area contributed by atoms with Gasteiger partial charge in [0.05, 0.1) is 0 Å². The van der Waals surface area contributed by atoms with Crippen molar-refractivity contribution in [2.75, 3.05) is 5.32 Å². The number of amides is 1. The van der Waals surface area contributed by atoms with Crippen molar-refractivity contribution < 1.29 is 22.4 Å². The van der Waals surface area contributed by atoms with Crippen molar-refractivity contribution in [2.45, 2.75) is 24.9 Å². The summed E-state index contributed by atoms with van der Waals surface area (Å²) < 4.78 is 40.3. The van der Waals surface area contributed by atoms with Gasteiger partial charge in [-0.2, -0.15) is 13.2 Å². The number of halogens is 3. The lowest BCUT2D eigenvalue weighted by atomic mass is 10.4. The van der Waals surface area contributed by atoms with Gasteiger partial charge in [-0.1, -0.05) is 5.10 Å². The first-order valence-electron chi connectivity index (χ1n) is 4.18. The molecule has 0 radical (unpaired) electrons. The number of nitrogens with one attached hydrogen (secondary N) is 1. The molecule has 1 aromatic rings. The van der Waals surface area contributed by atoms with E-state index in [1.54, 1.807) is 0 Å². The standard InChI is InChI=1S/C7H6F3N3O2/c8-7(9,10)5(14)11-6-13-12-4(15-6)3-1-2-3/h3H,1-2H2,(H,11,13,14). The molecule has 0 spiro atoms. The van der Waals surface area contributed by atoms with E-state index in [4.69, 9.17) is 4.42 Å². The number of nitrogens with zero attached hydrogens (tertiary/aromatic N) is 2. The average Bonchev–Trinajstić information content (AvgIpc) is 2.87. The predicted octanol–water partition coefficient (Wildman–Crippen LogP) is 1.45. The zero-order chi connectivity index (χ0) is 11.1. The minimum absolute atomic E-state index is 0.133. The van der Waals surface area contributed by atoms with Gasteiger partial charge in [0, 0.05) is 5.92 Å². The van der Waals surface area contributed by atoms with E-state index >= 15 is 0 Å². The Hall–Kier alpha value is -1.60. The highest BCUT2D eigenvalue weighted by Gasteiger charge is 2.40. The minimum atomic E-state index is -4.95. The molecule has 1 aromatic heterocycles. The molecule has 1 aliphatic carbocycles. The van der Waals surface area contributed by atoms with Crippen LogP contribution in [0.1, 0.15) is 24.7 Å². The number of rotatable bonds is 2. The van der Waals surface area contributed by atoms with Crippen LogP contribution in [0, 0.1) is 0 Å². The lowest BCUT2D eigenvalue weighted by molar-refractivity contribution is -0.167. The smallest absolute Gasteiger partial charge is 0.408 e. The van der Waals surface area contributed by atoms with Crippen LogP contribution in [0.25, 0.3) is 0 Å². The van der Waals surface area contributed by atoms with Crippen molar-refractivity contribution in [3.63, 3.8) is 0 Å². The first-order chi connectivity index (χ1) is 6.97. The van der Waals surface area contributed by atoms with E-state index in [1.807, 2.05) is 0 Å². The molecular formula is C7H6F3N3O2. The molecule has 1 heterocycles. The summed E-state index contributed by atoms with van der Waals surface area (Å²) in [6.07, 6.45) is -3.18. The molecular weight excluding hydrogens is 215 g/mol. The van der Waals surface area contributed by atoms with E-state index in [2.05, 4.69) is 10.2 Å². The van der Waals surface area contributed by atoms with Crippen LogP contribution in [-0.4, -0.2) is 22.3 Å². The Balaban J connectivity index is 2.01. The third-order valence-corrected chi connectivity index (χ3v) is 1.85. The SMILES string of the molecule is O=C(Nc1nnc(C2CC2)o1)C(F)(F)F. The van der Waals surface area contributed by atoms with Gasteiger partial charge in [0.25, 0.3) is 0 Å². The number of anilines is 1. The maximum Gasteiger partial charge on any atom is 0.471 e. The molecule has 15 heavy (non-hydrogen) atoms. The molecule has 1 fully saturated rings. The van der Waals surface area contributed by atoms with Gasteiger partial charge in [-0.3, -0.25) is 10.1 Å². The highest BCUT2D eigenvalue weighted by atomic mass is 19.4. The lowest BCUT2D eigenvalue weighted by Crippen LogP contribution is -2.30. The van der Waals surface area contributed by atoms with Crippen LogP contribution >= 0.6 is 0 Å². The van der Waals surface area contributed by atoms with Crippen LogP contribution in [-0.2, 0) is 4.79 Å². The minimum Gasteiger partial charge on any atom is -0.408 e. The third kappa shape index (κ3) is 2.25. The molecule has 0 unspecified atom stereocenters. The zero-order valence-electron chi connectivity index (χ0n) is 7.34. The summed E-state index contributed by atoms with van der Waals surface area (Å²) in [5.41, 5.74) is 0. The Bertz CT molecular complexity index is 383. The molecule has 1 N–H and O–H groups in total. The van der Waals surface area contributed by atoms with E-state index in [0.717, 1.165) is 12.8 Å². The van der Waals surface area contributed by atoms with Gasteiger partial charge in [0.1, 0.15) is 0 Å². The molecule has 0 aliphatic heterocycles. The van der Waals surface area contributed by atoms with Crippen LogP contribution in [0.4, 0.5) is 19.2 Å². The van der Waals surface area contributed by atoms with Crippen molar-refractivity contribution in [1.29, 1.82) is 0 Å². The molecule has 1 aliphatic rings. The van der Waals surface area contributed by atoms with Crippen LogP contribution in [0.15, 0.2) is 4.42 Å². The van der Waals surface area contributed by atoms with Gasteiger partial charge in [0.2, 0.25) is 5.89 Å². The number of alkyl halides is 3. The Morgan fingerprint density at radius 2 is 2.07 bits per heavy atom. The van der Waals surface area contributed by atoms with E-state index < -0.39 is 18.1 Å². The first-order valence-corrected chi connectivity index (χ1v) is 4.18. The van der Waals surface area contributed by atoms with Gasteiger partial charge in [-0.25, -0.2) is 0 Å². The summed E-state index contributed by atoms with van der Waals surface area (Å²) in [5, 5.41) is 8.28. The molecule has 0 aromatic carbocycles. The number of carbonyl (C=O) groups is 1. The Morgan fingerprint density at radius 1 is 1.40 bits per heavy atom. The second-order valence-corrected chi connectivity index (χ2v) is 3.17. The summed E-state index contributed by atoms with van der Waals surface area (Å²) in [7, 11) is 0. The van der Waals surface area contributed by atoms with Gasteiger partial charge in [-0.15, -0.1) is 5.10 Å². The largest absolute Gasteiger partial charge is 0.471 e. The predicted molar refractivity (Wildman–Crippen MR) is 41.0 cm³/mol. The lowest BCUT2D eigenvalue weighted by Gasteiger charge is -2.02. The van der Waals surface area contributed by atoms with Crippen molar-refractivity contribution in [2.24, 2.45) is 0 Å². The highest BCUT2D eigenvalue weighted by Crippen LogP contribution is 2.39. The van der Waals surface area contributed by atoms with Gasteiger partial charge in [0.15, 0.2) is 0 Å².